The Hall–Kier alpha value is -2.23. The molecule has 2 rings (SSSR count). The molecule has 0 aromatic heterocycles. The van der Waals surface area contributed by atoms with Crippen LogP contribution in [0.3, 0.4) is 0 Å². The highest BCUT2D eigenvalue weighted by Gasteiger charge is 2.20. The molecular formula is C19H20F2O2. The SMILES string of the molecule is CCCOC(=O)c1ccc(-c2ccc(CCC)cc2)c(F)c1F. The third-order valence-corrected chi connectivity index (χ3v) is 3.54. The van der Waals surface area contributed by atoms with Gasteiger partial charge >= 0.3 is 5.97 Å². The summed E-state index contributed by atoms with van der Waals surface area (Å²) in [5, 5.41) is 0. The van der Waals surface area contributed by atoms with Gasteiger partial charge in [-0.15, -0.1) is 0 Å². The number of halogens is 2. The second-order valence-electron chi connectivity index (χ2n) is 5.37. The number of ether oxygens (including phenoxy) is 1. The van der Waals surface area contributed by atoms with Crippen molar-refractivity contribution in [1.82, 2.24) is 0 Å². The molecule has 122 valence electrons. The summed E-state index contributed by atoms with van der Waals surface area (Å²) in [5.41, 5.74) is 1.49. The number of esters is 1. The van der Waals surface area contributed by atoms with Crippen molar-refractivity contribution in [2.24, 2.45) is 0 Å². The van der Waals surface area contributed by atoms with E-state index in [-0.39, 0.29) is 17.7 Å². The average Bonchev–Trinajstić information content (AvgIpc) is 2.56. The predicted molar refractivity (Wildman–Crippen MR) is 86.4 cm³/mol. The van der Waals surface area contributed by atoms with Crippen LogP contribution in [0.15, 0.2) is 36.4 Å². The van der Waals surface area contributed by atoms with Crippen LogP contribution in [0.1, 0.15) is 42.6 Å². The van der Waals surface area contributed by atoms with Crippen molar-refractivity contribution in [3.8, 4) is 11.1 Å². The summed E-state index contributed by atoms with van der Waals surface area (Å²) in [7, 11) is 0. The van der Waals surface area contributed by atoms with Crippen molar-refractivity contribution in [3.63, 3.8) is 0 Å². The summed E-state index contributed by atoms with van der Waals surface area (Å²) < 4.78 is 33.3. The van der Waals surface area contributed by atoms with Gasteiger partial charge in [-0.05, 0) is 30.0 Å². The molecule has 23 heavy (non-hydrogen) atoms. The van der Waals surface area contributed by atoms with Crippen molar-refractivity contribution in [2.75, 3.05) is 6.61 Å². The smallest absolute Gasteiger partial charge is 0.341 e. The van der Waals surface area contributed by atoms with Crippen LogP contribution in [0.5, 0.6) is 0 Å². The summed E-state index contributed by atoms with van der Waals surface area (Å²) in [5.74, 6) is -3.03. The first-order valence-corrected chi connectivity index (χ1v) is 7.82. The van der Waals surface area contributed by atoms with E-state index in [2.05, 4.69) is 6.92 Å². The highest BCUT2D eigenvalue weighted by Crippen LogP contribution is 2.27. The van der Waals surface area contributed by atoms with Crippen LogP contribution in [-0.4, -0.2) is 12.6 Å². The minimum absolute atomic E-state index is 0.137. The van der Waals surface area contributed by atoms with Gasteiger partial charge in [-0.3, -0.25) is 0 Å². The molecule has 0 atom stereocenters. The Morgan fingerprint density at radius 1 is 0.957 bits per heavy atom. The highest BCUT2D eigenvalue weighted by atomic mass is 19.2. The first kappa shape index (κ1) is 17.1. The summed E-state index contributed by atoms with van der Waals surface area (Å²) in [6, 6.07) is 10.0. The van der Waals surface area contributed by atoms with Gasteiger partial charge in [0, 0.05) is 5.56 Å². The Kier molecular flexibility index (Phi) is 5.85. The number of aryl methyl sites for hydroxylation is 1. The molecule has 0 bridgehead atoms. The molecule has 0 unspecified atom stereocenters. The molecule has 0 amide bonds. The summed E-state index contributed by atoms with van der Waals surface area (Å²) in [4.78, 5) is 11.7. The third kappa shape index (κ3) is 3.95. The van der Waals surface area contributed by atoms with Gasteiger partial charge in [0.25, 0.3) is 0 Å². The van der Waals surface area contributed by atoms with E-state index in [4.69, 9.17) is 4.74 Å². The number of hydrogen-bond donors (Lipinski definition) is 0. The molecule has 0 spiro atoms. The van der Waals surface area contributed by atoms with Gasteiger partial charge in [0.1, 0.15) is 0 Å². The Balaban J connectivity index is 2.31. The zero-order valence-electron chi connectivity index (χ0n) is 13.4. The maximum atomic E-state index is 14.3. The van der Waals surface area contributed by atoms with Gasteiger partial charge in [-0.2, -0.15) is 0 Å². The number of hydrogen-bond acceptors (Lipinski definition) is 2. The van der Waals surface area contributed by atoms with E-state index in [1.807, 2.05) is 19.1 Å². The third-order valence-electron chi connectivity index (χ3n) is 3.54. The molecule has 0 radical (unpaired) electrons. The van der Waals surface area contributed by atoms with E-state index < -0.39 is 17.6 Å². The highest BCUT2D eigenvalue weighted by molar-refractivity contribution is 5.90. The van der Waals surface area contributed by atoms with Crippen LogP contribution in [0, 0.1) is 11.6 Å². The minimum atomic E-state index is -1.17. The quantitative estimate of drug-likeness (QED) is 0.688. The van der Waals surface area contributed by atoms with Gasteiger partial charge < -0.3 is 4.74 Å². The normalized spacial score (nSPS) is 10.6. The zero-order valence-corrected chi connectivity index (χ0v) is 13.4. The molecule has 2 aromatic rings. The lowest BCUT2D eigenvalue weighted by Crippen LogP contribution is -2.10. The predicted octanol–water partition coefficient (Wildman–Crippen LogP) is 5.15. The maximum Gasteiger partial charge on any atom is 0.341 e. The van der Waals surface area contributed by atoms with Gasteiger partial charge in [-0.25, -0.2) is 13.6 Å². The van der Waals surface area contributed by atoms with Gasteiger partial charge in [0.2, 0.25) is 0 Å². The monoisotopic (exact) mass is 318 g/mol. The molecule has 4 heteroatoms. The van der Waals surface area contributed by atoms with E-state index in [1.54, 1.807) is 12.1 Å². The second-order valence-corrected chi connectivity index (χ2v) is 5.37. The van der Waals surface area contributed by atoms with Crippen molar-refractivity contribution < 1.29 is 18.3 Å². The Morgan fingerprint density at radius 2 is 1.65 bits per heavy atom. The molecule has 0 aliphatic carbocycles. The van der Waals surface area contributed by atoms with Crippen LogP contribution < -0.4 is 0 Å². The van der Waals surface area contributed by atoms with E-state index in [9.17, 15) is 13.6 Å². The van der Waals surface area contributed by atoms with Crippen LogP contribution in [0.4, 0.5) is 8.78 Å². The van der Waals surface area contributed by atoms with Crippen molar-refractivity contribution >= 4 is 5.97 Å². The second kappa shape index (κ2) is 7.86. The molecule has 0 saturated carbocycles. The molecule has 0 fully saturated rings. The number of rotatable bonds is 6. The molecule has 2 aromatic carbocycles. The molecule has 0 aliphatic rings. The Bertz CT molecular complexity index is 679. The van der Waals surface area contributed by atoms with Gasteiger partial charge in [0.15, 0.2) is 11.6 Å². The molecule has 0 N–H and O–H groups in total. The average molecular weight is 318 g/mol. The zero-order chi connectivity index (χ0) is 16.8. The molecule has 2 nitrogen and oxygen atoms in total. The van der Waals surface area contributed by atoms with E-state index in [0.29, 0.717) is 12.0 Å². The first-order valence-electron chi connectivity index (χ1n) is 7.82. The standard InChI is InChI=1S/C19H20F2O2/c1-3-5-13-6-8-14(9-7-13)15-10-11-16(18(21)17(15)20)19(22)23-12-4-2/h6-11H,3-5,12H2,1-2H3. The summed E-state index contributed by atoms with van der Waals surface area (Å²) >= 11 is 0. The largest absolute Gasteiger partial charge is 0.462 e. The number of carbonyl (C=O) groups is 1. The maximum absolute atomic E-state index is 14.3. The van der Waals surface area contributed by atoms with Crippen LogP contribution >= 0.6 is 0 Å². The van der Waals surface area contributed by atoms with E-state index >= 15 is 0 Å². The van der Waals surface area contributed by atoms with Crippen molar-refractivity contribution in [1.29, 1.82) is 0 Å². The molecular weight excluding hydrogens is 298 g/mol. The van der Waals surface area contributed by atoms with Crippen molar-refractivity contribution in [3.05, 3.63) is 59.2 Å². The fourth-order valence-electron chi connectivity index (χ4n) is 2.34. The molecule has 0 aliphatic heterocycles. The fraction of sp³-hybridized carbons (Fsp3) is 0.316. The molecule has 0 heterocycles. The van der Waals surface area contributed by atoms with Gasteiger partial charge in [0.05, 0.1) is 12.2 Å². The van der Waals surface area contributed by atoms with Crippen LogP contribution in [0.2, 0.25) is 0 Å². The lowest BCUT2D eigenvalue weighted by atomic mass is 10.00. The topological polar surface area (TPSA) is 26.3 Å². The first-order chi connectivity index (χ1) is 11.1. The van der Waals surface area contributed by atoms with Crippen molar-refractivity contribution in [2.45, 2.75) is 33.1 Å². The Labute approximate surface area is 135 Å². The minimum Gasteiger partial charge on any atom is -0.462 e. The van der Waals surface area contributed by atoms with E-state index in [0.717, 1.165) is 18.4 Å². The van der Waals surface area contributed by atoms with Crippen LogP contribution in [-0.2, 0) is 11.2 Å². The summed E-state index contributed by atoms with van der Waals surface area (Å²) in [6.45, 7) is 4.09. The van der Waals surface area contributed by atoms with E-state index in [1.165, 1.54) is 12.1 Å². The lowest BCUT2D eigenvalue weighted by molar-refractivity contribution is 0.0498. The number of carbonyl (C=O) groups excluding carboxylic acids is 1. The number of benzene rings is 2. The lowest BCUT2D eigenvalue weighted by Gasteiger charge is -2.09. The summed E-state index contributed by atoms with van der Waals surface area (Å²) in [6.07, 6.45) is 2.59. The van der Waals surface area contributed by atoms with Gasteiger partial charge in [-0.1, -0.05) is 50.6 Å². The van der Waals surface area contributed by atoms with Crippen LogP contribution in [0.25, 0.3) is 11.1 Å². The fourth-order valence-corrected chi connectivity index (χ4v) is 2.34. The molecule has 0 saturated heterocycles. The Morgan fingerprint density at radius 3 is 2.26 bits per heavy atom.